The van der Waals surface area contributed by atoms with Crippen molar-refractivity contribution in [2.75, 3.05) is 26.2 Å². The van der Waals surface area contributed by atoms with Gasteiger partial charge in [-0.1, -0.05) is 6.07 Å². The highest BCUT2D eigenvalue weighted by Crippen LogP contribution is 2.19. The third-order valence-corrected chi connectivity index (χ3v) is 2.53. The van der Waals surface area contributed by atoms with Gasteiger partial charge in [0.1, 0.15) is 6.10 Å². The van der Waals surface area contributed by atoms with Gasteiger partial charge in [-0.05, 0) is 12.1 Å². The van der Waals surface area contributed by atoms with Crippen molar-refractivity contribution in [1.29, 1.82) is 0 Å². The predicted molar refractivity (Wildman–Crippen MR) is 57.0 cm³/mol. The molecule has 0 spiro atoms. The Morgan fingerprint density at radius 3 is 3.19 bits per heavy atom. The van der Waals surface area contributed by atoms with Crippen molar-refractivity contribution in [1.82, 2.24) is 9.88 Å². The van der Waals surface area contributed by atoms with E-state index in [9.17, 15) is 4.79 Å². The fraction of sp³-hybridized carbons (Fsp3) is 0.455. The standard InChI is InChI=1S/C11H14N2O3/c14-11(15)8-13-5-6-16-10(7-13)9-3-1-2-4-12-9/h1-4,10H,5-8H2,(H,14,15)/t10-/m1/s1. The Labute approximate surface area is 93.7 Å². The molecule has 1 aromatic heterocycles. The molecule has 2 heterocycles. The number of hydrogen-bond acceptors (Lipinski definition) is 4. The number of nitrogens with zero attached hydrogens (tertiary/aromatic N) is 2. The van der Waals surface area contributed by atoms with Gasteiger partial charge in [-0.3, -0.25) is 14.7 Å². The number of aromatic nitrogens is 1. The van der Waals surface area contributed by atoms with E-state index in [0.29, 0.717) is 19.7 Å². The molecule has 0 aromatic carbocycles. The first-order valence-corrected chi connectivity index (χ1v) is 5.22. The molecule has 16 heavy (non-hydrogen) atoms. The molecule has 1 N–H and O–H groups in total. The lowest BCUT2D eigenvalue weighted by molar-refractivity contribution is -0.140. The summed E-state index contributed by atoms with van der Waals surface area (Å²) in [6, 6.07) is 5.65. The van der Waals surface area contributed by atoms with Gasteiger partial charge in [-0.2, -0.15) is 0 Å². The molecule has 0 radical (unpaired) electrons. The summed E-state index contributed by atoms with van der Waals surface area (Å²) in [4.78, 5) is 16.7. The zero-order chi connectivity index (χ0) is 11.4. The number of aliphatic carboxylic acids is 1. The third kappa shape index (κ3) is 2.77. The maximum absolute atomic E-state index is 10.6. The summed E-state index contributed by atoms with van der Waals surface area (Å²) >= 11 is 0. The fourth-order valence-electron chi connectivity index (χ4n) is 1.78. The van der Waals surface area contributed by atoms with Crippen LogP contribution in [0.15, 0.2) is 24.4 Å². The summed E-state index contributed by atoms with van der Waals surface area (Å²) in [5.74, 6) is -0.804. The summed E-state index contributed by atoms with van der Waals surface area (Å²) in [7, 11) is 0. The van der Waals surface area contributed by atoms with Crippen LogP contribution in [-0.4, -0.2) is 47.2 Å². The van der Waals surface area contributed by atoms with Gasteiger partial charge < -0.3 is 9.84 Å². The molecule has 1 aromatic rings. The van der Waals surface area contributed by atoms with Crippen molar-refractivity contribution in [2.45, 2.75) is 6.10 Å². The quantitative estimate of drug-likeness (QED) is 0.808. The van der Waals surface area contributed by atoms with Crippen LogP contribution in [0.25, 0.3) is 0 Å². The molecule has 1 fully saturated rings. The summed E-state index contributed by atoms with van der Waals surface area (Å²) < 4.78 is 5.58. The van der Waals surface area contributed by atoms with Gasteiger partial charge in [-0.15, -0.1) is 0 Å². The molecule has 1 aliphatic rings. The Bertz CT molecular complexity index is 356. The number of ether oxygens (including phenoxy) is 1. The van der Waals surface area contributed by atoms with E-state index in [0.717, 1.165) is 5.69 Å². The largest absolute Gasteiger partial charge is 0.480 e. The zero-order valence-corrected chi connectivity index (χ0v) is 8.87. The third-order valence-electron chi connectivity index (χ3n) is 2.53. The summed E-state index contributed by atoms with van der Waals surface area (Å²) in [5.41, 5.74) is 0.859. The van der Waals surface area contributed by atoms with Gasteiger partial charge in [0.15, 0.2) is 0 Å². The fourth-order valence-corrected chi connectivity index (χ4v) is 1.78. The molecule has 1 aliphatic heterocycles. The number of morpholine rings is 1. The number of pyridine rings is 1. The minimum atomic E-state index is -0.804. The molecule has 5 heteroatoms. The van der Waals surface area contributed by atoms with Gasteiger partial charge in [0.2, 0.25) is 0 Å². The SMILES string of the molecule is O=C(O)CN1CCO[C@@H](c2ccccn2)C1. The smallest absolute Gasteiger partial charge is 0.317 e. The van der Waals surface area contributed by atoms with Gasteiger partial charge in [0.25, 0.3) is 0 Å². The van der Waals surface area contributed by atoms with Gasteiger partial charge in [0.05, 0.1) is 18.8 Å². The molecule has 86 valence electrons. The number of carboxylic acid groups (broad SMARTS) is 1. The van der Waals surface area contributed by atoms with Crippen molar-refractivity contribution in [3.8, 4) is 0 Å². The maximum atomic E-state index is 10.6. The Morgan fingerprint density at radius 2 is 2.50 bits per heavy atom. The molecule has 0 unspecified atom stereocenters. The minimum absolute atomic E-state index is 0.0622. The van der Waals surface area contributed by atoms with Crippen molar-refractivity contribution in [2.24, 2.45) is 0 Å². The molecule has 1 atom stereocenters. The van der Waals surface area contributed by atoms with E-state index in [4.69, 9.17) is 9.84 Å². The Morgan fingerprint density at radius 1 is 1.62 bits per heavy atom. The Balaban J connectivity index is 1.99. The highest BCUT2D eigenvalue weighted by Gasteiger charge is 2.23. The van der Waals surface area contributed by atoms with Crippen LogP contribution in [0.1, 0.15) is 11.8 Å². The van der Waals surface area contributed by atoms with E-state index in [1.165, 1.54) is 0 Å². The molecule has 5 nitrogen and oxygen atoms in total. The van der Waals surface area contributed by atoms with Crippen LogP contribution in [0.4, 0.5) is 0 Å². The zero-order valence-electron chi connectivity index (χ0n) is 8.87. The summed E-state index contributed by atoms with van der Waals surface area (Å²) in [6.45, 7) is 1.86. The van der Waals surface area contributed by atoms with E-state index < -0.39 is 5.97 Å². The van der Waals surface area contributed by atoms with Crippen LogP contribution in [0, 0.1) is 0 Å². The molecule has 0 bridgehead atoms. The summed E-state index contributed by atoms with van der Waals surface area (Å²) in [6.07, 6.45) is 1.60. The normalized spacial score (nSPS) is 21.9. The van der Waals surface area contributed by atoms with Crippen LogP contribution in [-0.2, 0) is 9.53 Å². The van der Waals surface area contributed by atoms with Gasteiger partial charge in [-0.25, -0.2) is 0 Å². The van der Waals surface area contributed by atoms with E-state index >= 15 is 0 Å². The van der Waals surface area contributed by atoms with E-state index in [-0.39, 0.29) is 12.6 Å². The molecular weight excluding hydrogens is 208 g/mol. The number of rotatable bonds is 3. The lowest BCUT2D eigenvalue weighted by atomic mass is 10.2. The molecule has 2 rings (SSSR count). The first-order chi connectivity index (χ1) is 7.75. The number of hydrogen-bond donors (Lipinski definition) is 1. The van der Waals surface area contributed by atoms with Crippen molar-refractivity contribution in [3.63, 3.8) is 0 Å². The highest BCUT2D eigenvalue weighted by molar-refractivity contribution is 5.69. The van der Waals surface area contributed by atoms with E-state index in [1.807, 2.05) is 23.1 Å². The molecule has 1 saturated heterocycles. The van der Waals surface area contributed by atoms with Crippen LogP contribution < -0.4 is 0 Å². The van der Waals surface area contributed by atoms with Crippen molar-refractivity contribution < 1.29 is 14.6 Å². The van der Waals surface area contributed by atoms with Crippen LogP contribution in [0.2, 0.25) is 0 Å². The van der Waals surface area contributed by atoms with Gasteiger partial charge >= 0.3 is 5.97 Å². The Kier molecular flexibility index (Phi) is 3.48. The van der Waals surface area contributed by atoms with Crippen LogP contribution in [0.3, 0.4) is 0 Å². The highest BCUT2D eigenvalue weighted by atomic mass is 16.5. The number of carboxylic acids is 1. The lowest BCUT2D eigenvalue weighted by Crippen LogP contribution is -2.41. The minimum Gasteiger partial charge on any atom is -0.480 e. The summed E-state index contributed by atoms with van der Waals surface area (Å²) in [5, 5.41) is 8.72. The van der Waals surface area contributed by atoms with E-state index in [1.54, 1.807) is 6.20 Å². The Hall–Kier alpha value is -1.46. The average molecular weight is 222 g/mol. The predicted octanol–water partition coefficient (Wildman–Crippen LogP) is 0.539. The second kappa shape index (κ2) is 5.05. The van der Waals surface area contributed by atoms with Gasteiger partial charge in [0, 0.05) is 19.3 Å². The lowest BCUT2D eigenvalue weighted by Gasteiger charge is -2.31. The molecular formula is C11H14N2O3. The monoisotopic (exact) mass is 222 g/mol. The van der Waals surface area contributed by atoms with Crippen LogP contribution >= 0.6 is 0 Å². The maximum Gasteiger partial charge on any atom is 0.317 e. The topological polar surface area (TPSA) is 62.7 Å². The first kappa shape index (κ1) is 11.0. The second-order valence-corrected chi connectivity index (χ2v) is 3.74. The molecule has 0 saturated carbocycles. The second-order valence-electron chi connectivity index (χ2n) is 3.74. The number of carbonyl (C=O) groups is 1. The van der Waals surface area contributed by atoms with Crippen LogP contribution in [0.5, 0.6) is 0 Å². The first-order valence-electron chi connectivity index (χ1n) is 5.22. The van der Waals surface area contributed by atoms with Crippen molar-refractivity contribution >= 4 is 5.97 Å². The molecule has 0 amide bonds. The average Bonchev–Trinajstić information content (AvgIpc) is 2.30. The van der Waals surface area contributed by atoms with E-state index in [2.05, 4.69) is 4.98 Å². The van der Waals surface area contributed by atoms with Crippen molar-refractivity contribution in [3.05, 3.63) is 30.1 Å². The molecule has 0 aliphatic carbocycles.